The lowest BCUT2D eigenvalue weighted by atomic mass is 10.1. The summed E-state index contributed by atoms with van der Waals surface area (Å²) in [7, 11) is -4.07. The molecule has 1 fully saturated rings. The number of hydrogen-bond acceptors (Lipinski definition) is 5. The Morgan fingerprint density at radius 3 is 2.38 bits per heavy atom. The maximum absolute atomic E-state index is 14.0. The molecule has 1 aromatic heterocycles. The highest BCUT2D eigenvalue weighted by molar-refractivity contribution is 9.10. The summed E-state index contributed by atoms with van der Waals surface area (Å²) in [4.78, 5) is 5.88. The summed E-state index contributed by atoms with van der Waals surface area (Å²) in [5.41, 5.74) is 1.85. The van der Waals surface area contributed by atoms with Gasteiger partial charge in [-0.25, -0.2) is 22.2 Å². The van der Waals surface area contributed by atoms with E-state index in [9.17, 15) is 17.2 Å². The minimum atomic E-state index is -4.07. The van der Waals surface area contributed by atoms with Crippen LogP contribution in [0.4, 0.5) is 13.9 Å². The van der Waals surface area contributed by atoms with Crippen molar-refractivity contribution in [3.05, 3.63) is 64.0 Å². The van der Waals surface area contributed by atoms with Crippen molar-refractivity contribution in [1.82, 2.24) is 4.98 Å². The quantitative estimate of drug-likeness (QED) is 0.490. The van der Waals surface area contributed by atoms with E-state index in [1.807, 2.05) is 34.5 Å². The minimum Gasteiger partial charge on any atom is -0.348 e. The molecule has 3 aromatic rings. The first-order valence-corrected chi connectivity index (χ1v) is 12.2. The lowest BCUT2D eigenvalue weighted by Gasteiger charge is -2.31. The van der Waals surface area contributed by atoms with Gasteiger partial charge in [0.2, 0.25) is 0 Å². The molecule has 0 aliphatic carbocycles. The topological polar surface area (TPSA) is 50.3 Å². The molecular weight excluding hydrogens is 482 g/mol. The summed E-state index contributed by atoms with van der Waals surface area (Å²) < 4.78 is 54.5. The van der Waals surface area contributed by atoms with Gasteiger partial charge in [-0.3, -0.25) is 0 Å². The fraction of sp³-hybridized carbons (Fsp3) is 0.250. The van der Waals surface area contributed by atoms with Gasteiger partial charge in [-0.2, -0.15) is 0 Å². The maximum atomic E-state index is 14.0. The number of aromatic nitrogens is 1. The van der Waals surface area contributed by atoms with E-state index in [1.165, 1.54) is 11.3 Å². The second-order valence-corrected chi connectivity index (χ2v) is 10.7. The summed E-state index contributed by atoms with van der Waals surface area (Å²) in [6.45, 7) is 0.927. The van der Waals surface area contributed by atoms with E-state index in [-0.39, 0.29) is 0 Å². The van der Waals surface area contributed by atoms with Gasteiger partial charge in [0.05, 0.1) is 10.9 Å². The Morgan fingerprint density at radius 2 is 1.72 bits per heavy atom. The van der Waals surface area contributed by atoms with E-state index in [1.54, 1.807) is 0 Å². The zero-order valence-corrected chi connectivity index (χ0v) is 18.4. The molecule has 4 nitrogen and oxygen atoms in total. The summed E-state index contributed by atoms with van der Waals surface area (Å²) in [5, 5.41) is 1.97. The van der Waals surface area contributed by atoms with Gasteiger partial charge in [-0.1, -0.05) is 34.1 Å². The molecule has 0 atom stereocenters. The van der Waals surface area contributed by atoms with Gasteiger partial charge >= 0.3 is 0 Å². The second-order valence-electron chi connectivity index (χ2n) is 6.81. The molecule has 9 heteroatoms. The predicted molar refractivity (Wildman–Crippen MR) is 114 cm³/mol. The standard InChI is InChI=1S/C20H17BrF2N2O2S2/c21-14-4-1-3-13(11-14)18-12-28-20(24-18)25-9-7-15(8-10-25)29(26,27)19-16(22)5-2-6-17(19)23/h1-6,11-12,15H,7-10H2. The molecule has 4 rings (SSSR count). The van der Waals surface area contributed by atoms with Crippen molar-refractivity contribution in [2.75, 3.05) is 18.0 Å². The first-order valence-electron chi connectivity index (χ1n) is 9.00. The van der Waals surface area contributed by atoms with Crippen LogP contribution in [0, 0.1) is 11.6 Å². The zero-order valence-electron chi connectivity index (χ0n) is 15.2. The summed E-state index contributed by atoms with van der Waals surface area (Å²) in [6.07, 6.45) is 0.587. The van der Waals surface area contributed by atoms with Crippen molar-refractivity contribution in [2.24, 2.45) is 0 Å². The van der Waals surface area contributed by atoms with Gasteiger partial charge in [0.15, 0.2) is 15.0 Å². The normalized spacial score (nSPS) is 15.6. The molecule has 0 N–H and O–H groups in total. The third-order valence-electron chi connectivity index (χ3n) is 4.97. The fourth-order valence-electron chi connectivity index (χ4n) is 3.47. The number of halogens is 3. The Bertz CT molecular complexity index is 1120. The van der Waals surface area contributed by atoms with Crippen LogP contribution in [-0.4, -0.2) is 31.7 Å². The molecule has 0 saturated carbocycles. The van der Waals surface area contributed by atoms with Crippen LogP contribution in [-0.2, 0) is 9.84 Å². The zero-order chi connectivity index (χ0) is 20.6. The van der Waals surface area contributed by atoms with Crippen LogP contribution < -0.4 is 4.90 Å². The second kappa shape index (κ2) is 8.12. The summed E-state index contributed by atoms with van der Waals surface area (Å²) in [6, 6.07) is 11.0. The third kappa shape index (κ3) is 4.08. The molecule has 29 heavy (non-hydrogen) atoms. The molecule has 0 bridgehead atoms. The molecular formula is C20H17BrF2N2O2S2. The molecule has 2 heterocycles. The van der Waals surface area contributed by atoms with Gasteiger partial charge in [0, 0.05) is 28.5 Å². The van der Waals surface area contributed by atoms with Gasteiger partial charge in [0.1, 0.15) is 16.5 Å². The highest BCUT2D eigenvalue weighted by atomic mass is 79.9. The lowest BCUT2D eigenvalue weighted by molar-refractivity contribution is 0.497. The average Bonchev–Trinajstić information content (AvgIpc) is 3.18. The van der Waals surface area contributed by atoms with Gasteiger partial charge in [-0.15, -0.1) is 11.3 Å². The number of benzene rings is 2. The van der Waals surface area contributed by atoms with Crippen molar-refractivity contribution >= 4 is 42.2 Å². The Labute approximate surface area is 180 Å². The molecule has 152 valence electrons. The first-order chi connectivity index (χ1) is 13.9. The number of thiazole rings is 1. The van der Waals surface area contributed by atoms with E-state index in [2.05, 4.69) is 20.9 Å². The molecule has 0 amide bonds. The monoisotopic (exact) mass is 498 g/mol. The van der Waals surface area contributed by atoms with E-state index in [0.29, 0.717) is 25.9 Å². The van der Waals surface area contributed by atoms with Gasteiger partial charge < -0.3 is 4.90 Å². The van der Waals surface area contributed by atoms with Crippen LogP contribution in [0.1, 0.15) is 12.8 Å². The molecule has 1 aliphatic heterocycles. The van der Waals surface area contributed by atoms with Crippen LogP contribution in [0.25, 0.3) is 11.3 Å². The van der Waals surface area contributed by atoms with E-state index < -0.39 is 31.6 Å². The summed E-state index contributed by atoms with van der Waals surface area (Å²) >= 11 is 4.95. The SMILES string of the molecule is O=S(=O)(c1c(F)cccc1F)C1CCN(c2nc(-c3cccc(Br)c3)cs2)CC1. The van der Waals surface area contributed by atoms with E-state index in [0.717, 1.165) is 39.1 Å². The molecule has 1 aliphatic rings. The lowest BCUT2D eigenvalue weighted by Crippen LogP contribution is -2.39. The number of rotatable bonds is 4. The number of anilines is 1. The Kier molecular flexibility index (Phi) is 5.72. The first kappa shape index (κ1) is 20.4. The van der Waals surface area contributed by atoms with Crippen LogP contribution in [0.3, 0.4) is 0 Å². The molecule has 2 aromatic carbocycles. The van der Waals surface area contributed by atoms with Crippen molar-refractivity contribution in [2.45, 2.75) is 23.0 Å². The van der Waals surface area contributed by atoms with Gasteiger partial charge in [-0.05, 0) is 37.1 Å². The predicted octanol–water partition coefficient (Wildman–Crippen LogP) is 5.29. The third-order valence-corrected chi connectivity index (χ3v) is 8.67. The molecule has 1 saturated heterocycles. The van der Waals surface area contributed by atoms with Crippen molar-refractivity contribution in [3.8, 4) is 11.3 Å². The average molecular weight is 499 g/mol. The van der Waals surface area contributed by atoms with Gasteiger partial charge in [0.25, 0.3) is 0 Å². The number of hydrogen-bond donors (Lipinski definition) is 0. The summed E-state index contributed by atoms with van der Waals surface area (Å²) in [5.74, 6) is -2.07. The van der Waals surface area contributed by atoms with Crippen molar-refractivity contribution < 1.29 is 17.2 Å². The van der Waals surface area contributed by atoms with Crippen molar-refractivity contribution in [3.63, 3.8) is 0 Å². The minimum absolute atomic E-state index is 0.294. The number of sulfone groups is 1. The molecule has 0 spiro atoms. The van der Waals surface area contributed by atoms with Crippen LogP contribution in [0.15, 0.2) is 57.2 Å². The fourth-order valence-corrected chi connectivity index (χ4v) is 6.60. The largest absolute Gasteiger partial charge is 0.348 e. The number of nitrogens with zero attached hydrogens (tertiary/aromatic N) is 2. The van der Waals surface area contributed by atoms with Crippen LogP contribution in [0.5, 0.6) is 0 Å². The van der Waals surface area contributed by atoms with Crippen LogP contribution >= 0.6 is 27.3 Å². The van der Waals surface area contributed by atoms with Crippen LogP contribution in [0.2, 0.25) is 0 Å². The van der Waals surface area contributed by atoms with Crippen molar-refractivity contribution in [1.29, 1.82) is 0 Å². The number of piperidine rings is 1. The highest BCUT2D eigenvalue weighted by Gasteiger charge is 2.35. The highest BCUT2D eigenvalue weighted by Crippen LogP contribution is 2.33. The smallest absolute Gasteiger partial charge is 0.187 e. The molecule has 0 radical (unpaired) electrons. The Hall–Kier alpha value is -1.84. The maximum Gasteiger partial charge on any atom is 0.187 e. The Morgan fingerprint density at radius 1 is 1.07 bits per heavy atom. The van der Waals surface area contributed by atoms with E-state index >= 15 is 0 Å². The molecule has 0 unspecified atom stereocenters. The van der Waals surface area contributed by atoms with E-state index in [4.69, 9.17) is 0 Å². The Balaban J connectivity index is 1.49.